The van der Waals surface area contributed by atoms with Crippen LogP contribution < -0.4 is 10.6 Å². The third kappa shape index (κ3) is 5.78. The highest BCUT2D eigenvalue weighted by molar-refractivity contribution is 5.82. The minimum atomic E-state index is -1.15. The van der Waals surface area contributed by atoms with Crippen molar-refractivity contribution in [1.29, 1.82) is 0 Å². The highest BCUT2D eigenvalue weighted by Crippen LogP contribution is 1.93. The molecule has 0 aliphatic carbocycles. The fraction of sp³-hybridized carbons (Fsp3) is 0.500. The average molecular weight is 226 g/mol. The minimum absolute atomic E-state index is 0.00302. The first-order valence-electron chi connectivity index (χ1n) is 4.63. The summed E-state index contributed by atoms with van der Waals surface area (Å²) < 4.78 is 0. The smallest absolute Gasteiger partial charge is 0.305 e. The van der Waals surface area contributed by atoms with Gasteiger partial charge in [0.1, 0.15) is 6.29 Å². The molecule has 0 aromatic carbocycles. The molecule has 0 spiro atoms. The largest absolute Gasteiger partial charge is 0.481 e. The van der Waals surface area contributed by atoms with Crippen molar-refractivity contribution in [2.45, 2.75) is 24.9 Å². The Morgan fingerprint density at radius 3 is 2.50 bits per heavy atom. The number of carboxylic acids is 1. The lowest BCUT2D eigenvalue weighted by Gasteiger charge is -2.13. The van der Waals surface area contributed by atoms with Gasteiger partial charge in [-0.25, -0.2) is 0 Å². The number of rotatable bonds is 7. The predicted octanol–water partition coefficient (Wildman–Crippen LogP) is -1.24. The first kappa shape index (κ1) is 14.1. The van der Waals surface area contributed by atoms with Crippen LogP contribution in [0.1, 0.15) is 12.8 Å². The van der Waals surface area contributed by atoms with Gasteiger partial charge in [-0.3, -0.25) is 9.59 Å². The van der Waals surface area contributed by atoms with Crippen LogP contribution in [0, 0.1) is 12.3 Å². The SMILES string of the molecule is C#CC(CC(=O)N[C@H](C=O)CC(=O)O)NC. The summed E-state index contributed by atoms with van der Waals surface area (Å²) in [5.41, 5.74) is 0. The zero-order valence-electron chi connectivity index (χ0n) is 8.90. The first-order valence-corrected chi connectivity index (χ1v) is 4.63. The fourth-order valence-electron chi connectivity index (χ4n) is 1.02. The summed E-state index contributed by atoms with van der Waals surface area (Å²) >= 11 is 0. The van der Waals surface area contributed by atoms with Gasteiger partial charge >= 0.3 is 5.97 Å². The Morgan fingerprint density at radius 2 is 2.12 bits per heavy atom. The molecule has 6 heteroatoms. The zero-order valence-corrected chi connectivity index (χ0v) is 8.90. The van der Waals surface area contributed by atoms with Crippen molar-refractivity contribution in [1.82, 2.24) is 10.6 Å². The number of terminal acetylenes is 1. The molecule has 0 aliphatic rings. The van der Waals surface area contributed by atoms with Gasteiger partial charge in [0.25, 0.3) is 0 Å². The van der Waals surface area contributed by atoms with E-state index in [0.717, 1.165) is 0 Å². The van der Waals surface area contributed by atoms with Crippen molar-refractivity contribution in [3.63, 3.8) is 0 Å². The topological polar surface area (TPSA) is 95.5 Å². The molecule has 6 nitrogen and oxygen atoms in total. The van der Waals surface area contributed by atoms with E-state index in [1.807, 2.05) is 0 Å². The maximum Gasteiger partial charge on any atom is 0.305 e. The number of nitrogens with one attached hydrogen (secondary N) is 2. The van der Waals surface area contributed by atoms with E-state index in [-0.39, 0.29) is 6.42 Å². The van der Waals surface area contributed by atoms with E-state index < -0.39 is 30.4 Å². The van der Waals surface area contributed by atoms with Crippen LogP contribution in [0.3, 0.4) is 0 Å². The van der Waals surface area contributed by atoms with E-state index in [0.29, 0.717) is 6.29 Å². The fourth-order valence-corrected chi connectivity index (χ4v) is 1.02. The molecule has 0 saturated heterocycles. The lowest BCUT2D eigenvalue weighted by Crippen LogP contribution is -2.40. The first-order chi connectivity index (χ1) is 7.53. The summed E-state index contributed by atoms with van der Waals surface area (Å²) in [6.45, 7) is 0. The highest BCUT2D eigenvalue weighted by atomic mass is 16.4. The third-order valence-corrected chi connectivity index (χ3v) is 1.84. The van der Waals surface area contributed by atoms with Crippen LogP contribution in [0.15, 0.2) is 0 Å². The van der Waals surface area contributed by atoms with Crippen molar-refractivity contribution in [3.8, 4) is 12.3 Å². The van der Waals surface area contributed by atoms with Crippen molar-refractivity contribution in [2.75, 3.05) is 7.05 Å². The molecule has 0 aliphatic heterocycles. The minimum Gasteiger partial charge on any atom is -0.481 e. The number of carboxylic acid groups (broad SMARTS) is 1. The molecule has 0 aromatic heterocycles. The highest BCUT2D eigenvalue weighted by Gasteiger charge is 2.16. The second-order valence-electron chi connectivity index (χ2n) is 3.12. The maximum atomic E-state index is 11.3. The number of aliphatic carboxylic acids is 1. The number of carbonyl (C=O) groups is 3. The van der Waals surface area contributed by atoms with Crippen LogP contribution in [0.5, 0.6) is 0 Å². The van der Waals surface area contributed by atoms with Gasteiger partial charge in [-0.1, -0.05) is 5.92 Å². The van der Waals surface area contributed by atoms with Gasteiger partial charge in [-0.05, 0) is 7.05 Å². The van der Waals surface area contributed by atoms with Crippen LogP contribution in [-0.2, 0) is 14.4 Å². The summed E-state index contributed by atoms with van der Waals surface area (Å²) in [4.78, 5) is 32.1. The number of aldehydes is 1. The molecule has 0 saturated carbocycles. The molecule has 0 rings (SSSR count). The number of amides is 1. The van der Waals surface area contributed by atoms with Crippen LogP contribution in [0.4, 0.5) is 0 Å². The molecule has 1 amide bonds. The second kappa shape index (κ2) is 7.43. The van der Waals surface area contributed by atoms with E-state index in [9.17, 15) is 14.4 Å². The molecule has 16 heavy (non-hydrogen) atoms. The molecule has 0 aromatic rings. The van der Waals surface area contributed by atoms with Crippen LogP contribution in [0.25, 0.3) is 0 Å². The molecule has 0 heterocycles. The van der Waals surface area contributed by atoms with Gasteiger partial charge in [-0.2, -0.15) is 0 Å². The Hall–Kier alpha value is -1.87. The summed E-state index contributed by atoms with van der Waals surface area (Å²) in [5, 5.41) is 13.4. The Bertz CT molecular complexity index is 308. The lowest BCUT2D eigenvalue weighted by molar-refractivity contribution is -0.138. The van der Waals surface area contributed by atoms with E-state index in [1.165, 1.54) is 0 Å². The number of carbonyl (C=O) groups excluding carboxylic acids is 2. The van der Waals surface area contributed by atoms with Crippen LogP contribution in [-0.4, -0.2) is 42.4 Å². The Labute approximate surface area is 93.4 Å². The van der Waals surface area contributed by atoms with Crippen molar-refractivity contribution < 1.29 is 19.5 Å². The summed E-state index contributed by atoms with van der Waals surface area (Å²) in [7, 11) is 1.60. The van der Waals surface area contributed by atoms with Crippen molar-refractivity contribution in [2.24, 2.45) is 0 Å². The predicted molar refractivity (Wildman–Crippen MR) is 56.5 cm³/mol. The molecule has 0 bridgehead atoms. The quantitative estimate of drug-likeness (QED) is 0.372. The molecular formula is C10H14N2O4. The summed E-state index contributed by atoms with van der Waals surface area (Å²) in [5.74, 6) is 0.722. The van der Waals surface area contributed by atoms with Gasteiger partial charge in [0.05, 0.1) is 24.9 Å². The molecule has 1 unspecified atom stereocenters. The number of hydrogen-bond acceptors (Lipinski definition) is 4. The normalized spacial score (nSPS) is 13.2. The molecule has 88 valence electrons. The third-order valence-electron chi connectivity index (χ3n) is 1.84. The van der Waals surface area contributed by atoms with Crippen LogP contribution in [0.2, 0.25) is 0 Å². The maximum absolute atomic E-state index is 11.3. The van der Waals surface area contributed by atoms with Crippen molar-refractivity contribution >= 4 is 18.2 Å². The van der Waals surface area contributed by atoms with E-state index in [4.69, 9.17) is 11.5 Å². The van der Waals surface area contributed by atoms with Gasteiger partial charge in [0, 0.05) is 0 Å². The summed E-state index contributed by atoms with van der Waals surface area (Å²) in [6.07, 6.45) is 5.07. The summed E-state index contributed by atoms with van der Waals surface area (Å²) in [6, 6.07) is -1.45. The zero-order chi connectivity index (χ0) is 12.6. The van der Waals surface area contributed by atoms with Gasteiger partial charge in [0.15, 0.2) is 0 Å². The second-order valence-corrected chi connectivity index (χ2v) is 3.12. The van der Waals surface area contributed by atoms with E-state index in [2.05, 4.69) is 16.6 Å². The van der Waals surface area contributed by atoms with Gasteiger partial charge < -0.3 is 20.5 Å². The van der Waals surface area contributed by atoms with Crippen molar-refractivity contribution in [3.05, 3.63) is 0 Å². The average Bonchev–Trinajstić information content (AvgIpc) is 2.24. The molecule has 3 N–H and O–H groups in total. The number of hydrogen-bond donors (Lipinski definition) is 3. The molecule has 0 fully saturated rings. The standard InChI is InChI=1S/C10H14N2O4/c1-3-7(11-2)4-9(14)12-8(6-13)5-10(15)16/h1,6-8,11H,4-5H2,2H3,(H,12,14)(H,15,16)/t7?,8-/m0/s1. The van der Waals surface area contributed by atoms with E-state index in [1.54, 1.807) is 7.05 Å². The molecule has 0 radical (unpaired) electrons. The molecular weight excluding hydrogens is 212 g/mol. The van der Waals surface area contributed by atoms with Gasteiger partial charge in [0.2, 0.25) is 5.91 Å². The van der Waals surface area contributed by atoms with E-state index >= 15 is 0 Å². The van der Waals surface area contributed by atoms with Gasteiger partial charge in [-0.15, -0.1) is 6.42 Å². The Balaban J connectivity index is 4.16. The van der Waals surface area contributed by atoms with Crippen LogP contribution >= 0.6 is 0 Å². The Morgan fingerprint density at radius 1 is 1.50 bits per heavy atom. The Kier molecular flexibility index (Phi) is 6.56. The monoisotopic (exact) mass is 226 g/mol. The molecule has 2 atom stereocenters. The lowest BCUT2D eigenvalue weighted by atomic mass is 10.2.